The van der Waals surface area contributed by atoms with E-state index in [4.69, 9.17) is 25.7 Å². The van der Waals surface area contributed by atoms with Gasteiger partial charge in [0.05, 0.1) is 30.2 Å². The maximum Gasteiger partial charge on any atom is 0.290 e. The number of morpholine rings is 1. The minimum Gasteiger partial charge on any atom is -0.407 e. The number of carbonyl (C=O) groups is 1. The monoisotopic (exact) mass is 502 g/mol. The summed E-state index contributed by atoms with van der Waals surface area (Å²) in [6.07, 6.45) is 0.344. The minimum atomic E-state index is -1.18. The minimum absolute atomic E-state index is 0.0918. The predicted octanol–water partition coefficient (Wildman–Crippen LogP) is 2.12. The molecule has 2 heterocycles. The van der Waals surface area contributed by atoms with Gasteiger partial charge >= 0.3 is 0 Å². The summed E-state index contributed by atoms with van der Waals surface area (Å²) in [5, 5.41) is 33.9. The molecule has 0 spiro atoms. The molecule has 2 aliphatic heterocycles. The predicted molar refractivity (Wildman–Crippen MR) is 142 cm³/mol. The van der Waals surface area contributed by atoms with Gasteiger partial charge in [0.1, 0.15) is 5.84 Å². The maximum atomic E-state index is 13.0. The van der Waals surface area contributed by atoms with Crippen LogP contribution in [0.3, 0.4) is 0 Å². The number of hydrogen-bond donors (Lipinski definition) is 6. The van der Waals surface area contributed by atoms with Crippen LogP contribution in [0.15, 0.2) is 71.4 Å². The number of benzodiazepines with no additional fused rings is 1. The van der Waals surface area contributed by atoms with E-state index in [0.29, 0.717) is 44.2 Å². The van der Waals surface area contributed by atoms with E-state index in [1.165, 1.54) is 6.20 Å². The largest absolute Gasteiger partial charge is 0.407 e. The molecule has 1 saturated heterocycles. The molecule has 2 aromatic carbocycles. The van der Waals surface area contributed by atoms with Crippen LogP contribution in [0.1, 0.15) is 18.1 Å². The maximum absolute atomic E-state index is 13.0. The number of amidine groups is 2. The van der Waals surface area contributed by atoms with Crippen LogP contribution in [0.25, 0.3) is 0 Å². The third-order valence-electron chi connectivity index (χ3n) is 5.74. The van der Waals surface area contributed by atoms with Crippen LogP contribution in [0.2, 0.25) is 0 Å². The normalized spacial score (nSPS) is 17.5. The summed E-state index contributed by atoms with van der Waals surface area (Å²) in [5.41, 5.74) is 2.93. The quantitative estimate of drug-likeness (QED) is 0.262. The van der Waals surface area contributed by atoms with E-state index in [2.05, 4.69) is 20.9 Å². The first-order valence-electron chi connectivity index (χ1n) is 12.0. The number of fused-ring (bicyclic) bond motifs is 1. The summed E-state index contributed by atoms with van der Waals surface area (Å²) in [6, 6.07) is 16.3. The Morgan fingerprint density at radius 3 is 2.57 bits per heavy atom. The highest BCUT2D eigenvalue weighted by molar-refractivity contribution is 6.21. The molecule has 11 heteroatoms. The van der Waals surface area contributed by atoms with E-state index in [1.807, 2.05) is 55.5 Å². The number of carbonyl (C=O) groups excluding carboxylic acids is 1. The first kappa shape index (κ1) is 25.6. The zero-order valence-corrected chi connectivity index (χ0v) is 20.5. The average Bonchev–Trinajstić information content (AvgIpc) is 3.05. The van der Waals surface area contributed by atoms with Crippen LogP contribution >= 0.6 is 0 Å². The smallest absolute Gasteiger partial charge is 0.290 e. The third kappa shape index (κ3) is 6.19. The topological polar surface area (TPSA) is 159 Å². The van der Waals surface area contributed by atoms with Crippen molar-refractivity contribution in [1.29, 1.82) is 16.2 Å². The van der Waals surface area contributed by atoms with Gasteiger partial charge in [-0.3, -0.25) is 21.0 Å². The Kier molecular flexibility index (Phi) is 8.26. The van der Waals surface area contributed by atoms with Gasteiger partial charge in [0.25, 0.3) is 11.9 Å². The number of anilines is 1. The molecule has 4 rings (SSSR count). The van der Waals surface area contributed by atoms with Gasteiger partial charge in [-0.25, -0.2) is 4.99 Å². The second-order valence-electron chi connectivity index (χ2n) is 8.25. The van der Waals surface area contributed by atoms with Gasteiger partial charge in [-0.2, -0.15) is 0 Å². The summed E-state index contributed by atoms with van der Waals surface area (Å²) in [7, 11) is 0. The van der Waals surface area contributed by atoms with Crippen molar-refractivity contribution in [3.8, 4) is 0 Å². The molecular formula is C26H30N8O3. The van der Waals surface area contributed by atoms with Crippen molar-refractivity contribution in [1.82, 2.24) is 15.5 Å². The Morgan fingerprint density at radius 2 is 1.84 bits per heavy atom. The van der Waals surface area contributed by atoms with E-state index in [0.717, 1.165) is 11.1 Å². The Hall–Kier alpha value is -4.51. The van der Waals surface area contributed by atoms with Gasteiger partial charge < -0.3 is 30.3 Å². The number of para-hydroxylation sites is 1. The van der Waals surface area contributed by atoms with Gasteiger partial charge in [-0.05, 0) is 13.0 Å². The molecular weight excluding hydrogens is 472 g/mol. The molecule has 6 N–H and O–H groups in total. The van der Waals surface area contributed by atoms with Gasteiger partial charge in [-0.15, -0.1) is 0 Å². The molecule has 1 unspecified atom stereocenters. The number of benzene rings is 2. The molecule has 1 fully saturated rings. The van der Waals surface area contributed by atoms with Crippen molar-refractivity contribution >= 4 is 35.1 Å². The Balaban J connectivity index is 1.53. The number of hydrogen-bond acceptors (Lipinski definition) is 8. The number of aliphatic imine (C=N–C) groups is 1. The average molecular weight is 503 g/mol. The van der Waals surface area contributed by atoms with E-state index in [-0.39, 0.29) is 11.4 Å². The molecule has 0 radical (unpaired) electrons. The molecule has 192 valence electrons. The fourth-order valence-corrected chi connectivity index (χ4v) is 3.89. The van der Waals surface area contributed by atoms with Gasteiger partial charge in [0.15, 0.2) is 0 Å². The summed E-state index contributed by atoms with van der Waals surface area (Å²) >= 11 is 0. The summed E-state index contributed by atoms with van der Waals surface area (Å²) in [5.74, 6) is -0.781. The fraction of sp³-hybridized carbons (Fsp3) is 0.269. The van der Waals surface area contributed by atoms with Crippen molar-refractivity contribution in [2.75, 3.05) is 38.2 Å². The van der Waals surface area contributed by atoms with Crippen LogP contribution in [-0.4, -0.2) is 73.3 Å². The molecule has 0 aliphatic carbocycles. The zero-order valence-electron chi connectivity index (χ0n) is 20.5. The second-order valence-corrected chi connectivity index (χ2v) is 8.25. The molecule has 0 aromatic heterocycles. The van der Waals surface area contributed by atoms with Crippen molar-refractivity contribution in [2.45, 2.75) is 13.1 Å². The Morgan fingerprint density at radius 1 is 1.14 bits per heavy atom. The van der Waals surface area contributed by atoms with E-state index in [9.17, 15) is 4.79 Å². The number of nitrogens with one attached hydrogen (secondary N) is 6. The van der Waals surface area contributed by atoms with Crippen molar-refractivity contribution in [2.24, 2.45) is 4.99 Å². The highest BCUT2D eigenvalue weighted by atomic mass is 16.5. The number of amides is 1. The van der Waals surface area contributed by atoms with Crippen molar-refractivity contribution in [3.05, 3.63) is 77.5 Å². The highest BCUT2D eigenvalue weighted by Gasteiger charge is 2.28. The first-order valence-corrected chi connectivity index (χ1v) is 12.0. The van der Waals surface area contributed by atoms with Crippen LogP contribution in [0.4, 0.5) is 5.69 Å². The van der Waals surface area contributed by atoms with Crippen molar-refractivity contribution in [3.63, 3.8) is 0 Å². The SMILES string of the molecule is CCN/C=C(/C(=N)OC(=N)NC1N=C(c2ccccc2)c2ccccc2NC1=O)C(=N)N1CCOCC1. The summed E-state index contributed by atoms with van der Waals surface area (Å²) in [6.45, 7) is 4.50. The van der Waals surface area contributed by atoms with E-state index < -0.39 is 24.0 Å². The number of nitrogens with zero attached hydrogens (tertiary/aromatic N) is 2. The number of rotatable bonds is 6. The lowest BCUT2D eigenvalue weighted by Gasteiger charge is -2.30. The van der Waals surface area contributed by atoms with Crippen LogP contribution < -0.4 is 16.0 Å². The molecule has 1 amide bonds. The van der Waals surface area contributed by atoms with Gasteiger partial charge in [-0.1, -0.05) is 48.5 Å². The molecule has 2 aromatic rings. The van der Waals surface area contributed by atoms with Crippen LogP contribution in [0.5, 0.6) is 0 Å². The second kappa shape index (κ2) is 12.0. The summed E-state index contributed by atoms with van der Waals surface area (Å²) < 4.78 is 10.8. The first-order chi connectivity index (χ1) is 18.0. The molecule has 11 nitrogen and oxygen atoms in total. The van der Waals surface area contributed by atoms with Crippen LogP contribution in [0, 0.1) is 16.2 Å². The van der Waals surface area contributed by atoms with Gasteiger partial charge in [0.2, 0.25) is 12.1 Å². The lowest BCUT2D eigenvalue weighted by Crippen LogP contribution is -2.45. The molecule has 1 atom stereocenters. The lowest BCUT2D eigenvalue weighted by molar-refractivity contribution is -0.117. The molecule has 37 heavy (non-hydrogen) atoms. The lowest BCUT2D eigenvalue weighted by atomic mass is 10.0. The summed E-state index contributed by atoms with van der Waals surface area (Å²) in [4.78, 5) is 19.4. The third-order valence-corrected chi connectivity index (χ3v) is 5.74. The fourth-order valence-electron chi connectivity index (χ4n) is 3.89. The zero-order chi connectivity index (χ0) is 26.2. The number of ether oxygens (including phenoxy) is 2. The molecule has 2 aliphatic rings. The van der Waals surface area contributed by atoms with Crippen molar-refractivity contribution < 1.29 is 14.3 Å². The molecule has 0 bridgehead atoms. The van der Waals surface area contributed by atoms with E-state index >= 15 is 0 Å². The van der Waals surface area contributed by atoms with Gasteiger partial charge in [0, 0.05) is 37.0 Å². The Labute approximate surface area is 215 Å². The van der Waals surface area contributed by atoms with E-state index in [1.54, 1.807) is 11.0 Å². The van der Waals surface area contributed by atoms with Crippen LogP contribution in [-0.2, 0) is 14.3 Å². The highest BCUT2D eigenvalue weighted by Crippen LogP contribution is 2.23. The standard InChI is InChI=1S/C26H30N8O3/c1-2-30-16-19(22(27)34-12-14-36-15-13-34)23(28)37-26(29)33-24-25(35)31-20-11-7-6-10-18(20)21(32-24)17-8-4-3-5-9-17/h3-11,16,24,27-28,30H,2,12-15H2,1H3,(H2,29,33)(H,31,35)/b19-16+,27-22?,28-23?. The molecule has 0 saturated carbocycles. The Bertz CT molecular complexity index is 1240.